The molecular weight excluding hydrogens is 371 g/mol. The van der Waals surface area contributed by atoms with E-state index < -0.39 is 17.5 Å². The van der Waals surface area contributed by atoms with E-state index in [1.165, 1.54) is 30.3 Å². The van der Waals surface area contributed by atoms with Gasteiger partial charge in [-0.1, -0.05) is 0 Å². The minimum Gasteiger partial charge on any atom is -0.352 e. The van der Waals surface area contributed by atoms with Gasteiger partial charge < -0.3 is 15.5 Å². The van der Waals surface area contributed by atoms with Crippen molar-refractivity contribution in [1.29, 1.82) is 0 Å². The van der Waals surface area contributed by atoms with E-state index in [4.69, 9.17) is 0 Å². The van der Waals surface area contributed by atoms with Gasteiger partial charge in [-0.15, -0.1) is 0 Å². The molecule has 1 aliphatic rings. The summed E-state index contributed by atoms with van der Waals surface area (Å²) >= 11 is 0. The number of halogens is 3. The number of carbonyl (C=O) groups is 2. The number of likely N-dealkylation sites (tertiary alicyclic amines) is 1. The van der Waals surface area contributed by atoms with Crippen molar-refractivity contribution in [2.45, 2.75) is 12.8 Å². The van der Waals surface area contributed by atoms with Crippen LogP contribution in [0.5, 0.6) is 0 Å². The summed E-state index contributed by atoms with van der Waals surface area (Å²) in [6, 6.07) is 8.30. The van der Waals surface area contributed by atoms with Gasteiger partial charge in [0.1, 0.15) is 5.82 Å². The number of piperidine rings is 1. The van der Waals surface area contributed by atoms with Crippen LogP contribution in [-0.4, -0.2) is 36.5 Å². The quantitative estimate of drug-likeness (QED) is 0.833. The third-order valence-corrected chi connectivity index (χ3v) is 4.73. The highest BCUT2D eigenvalue weighted by Crippen LogP contribution is 2.18. The normalized spacial score (nSPS) is 14.6. The molecule has 3 amide bonds. The number of amides is 3. The molecule has 0 aliphatic carbocycles. The highest BCUT2D eigenvalue weighted by Gasteiger charge is 2.23. The second kappa shape index (κ2) is 8.77. The van der Waals surface area contributed by atoms with E-state index in [1.54, 1.807) is 4.90 Å². The van der Waals surface area contributed by atoms with Crippen LogP contribution in [-0.2, 0) is 0 Å². The molecule has 3 rings (SSSR count). The number of nitrogens with zero attached hydrogens (tertiary/aromatic N) is 1. The monoisotopic (exact) mass is 391 g/mol. The van der Waals surface area contributed by atoms with Gasteiger partial charge in [0.05, 0.1) is 0 Å². The van der Waals surface area contributed by atoms with Gasteiger partial charge in [-0.25, -0.2) is 18.0 Å². The Balaban J connectivity index is 1.43. The number of hydrogen-bond donors (Lipinski definition) is 2. The maximum atomic E-state index is 13.2. The second-order valence-corrected chi connectivity index (χ2v) is 6.71. The average molecular weight is 391 g/mol. The van der Waals surface area contributed by atoms with Crippen molar-refractivity contribution in [3.8, 4) is 0 Å². The molecule has 5 nitrogen and oxygen atoms in total. The summed E-state index contributed by atoms with van der Waals surface area (Å²) in [5.41, 5.74) is 0.585. The van der Waals surface area contributed by atoms with Crippen LogP contribution in [0.3, 0.4) is 0 Å². The maximum Gasteiger partial charge on any atom is 0.321 e. The first-order valence-corrected chi connectivity index (χ1v) is 8.97. The minimum atomic E-state index is -1.06. The lowest BCUT2D eigenvalue weighted by atomic mass is 9.97. The Hall–Kier alpha value is -3.03. The van der Waals surface area contributed by atoms with E-state index in [1.807, 2.05) is 0 Å². The molecule has 0 saturated carbocycles. The van der Waals surface area contributed by atoms with Gasteiger partial charge in [0.15, 0.2) is 11.6 Å². The third kappa shape index (κ3) is 5.03. The zero-order valence-electron chi connectivity index (χ0n) is 15.1. The van der Waals surface area contributed by atoms with Crippen LogP contribution in [0, 0.1) is 23.4 Å². The first kappa shape index (κ1) is 19.7. The molecule has 0 aromatic heterocycles. The maximum absolute atomic E-state index is 13.2. The zero-order valence-corrected chi connectivity index (χ0v) is 15.1. The summed E-state index contributed by atoms with van der Waals surface area (Å²) in [5, 5.41) is 5.44. The predicted molar refractivity (Wildman–Crippen MR) is 98.4 cm³/mol. The molecule has 2 aromatic rings. The van der Waals surface area contributed by atoms with E-state index in [-0.39, 0.29) is 23.3 Å². The molecule has 28 heavy (non-hydrogen) atoms. The Bertz CT molecular complexity index is 850. The fraction of sp³-hybridized carbons (Fsp3) is 0.300. The molecule has 0 atom stereocenters. The van der Waals surface area contributed by atoms with Crippen molar-refractivity contribution in [2.24, 2.45) is 5.92 Å². The number of anilines is 1. The summed E-state index contributed by atoms with van der Waals surface area (Å²) < 4.78 is 39.1. The van der Waals surface area contributed by atoms with Gasteiger partial charge in [-0.05, 0) is 61.2 Å². The highest BCUT2D eigenvalue weighted by molar-refractivity contribution is 5.94. The Morgan fingerprint density at radius 3 is 2.29 bits per heavy atom. The van der Waals surface area contributed by atoms with Gasteiger partial charge in [0.2, 0.25) is 0 Å². The van der Waals surface area contributed by atoms with Crippen LogP contribution in [0.15, 0.2) is 42.5 Å². The Labute approximate surface area is 160 Å². The van der Waals surface area contributed by atoms with E-state index >= 15 is 0 Å². The molecule has 0 unspecified atom stereocenters. The first-order valence-electron chi connectivity index (χ1n) is 8.97. The van der Waals surface area contributed by atoms with Gasteiger partial charge in [-0.3, -0.25) is 4.79 Å². The predicted octanol–water partition coefficient (Wildman–Crippen LogP) is 3.78. The van der Waals surface area contributed by atoms with Crippen molar-refractivity contribution < 1.29 is 22.8 Å². The molecule has 8 heteroatoms. The lowest BCUT2D eigenvalue weighted by molar-refractivity contribution is 0.0938. The van der Waals surface area contributed by atoms with Crippen LogP contribution in [0.2, 0.25) is 0 Å². The Morgan fingerprint density at radius 1 is 0.964 bits per heavy atom. The Morgan fingerprint density at radius 2 is 1.64 bits per heavy atom. The van der Waals surface area contributed by atoms with Gasteiger partial charge in [0.25, 0.3) is 5.91 Å². The Kier molecular flexibility index (Phi) is 6.18. The van der Waals surface area contributed by atoms with Crippen molar-refractivity contribution in [2.75, 3.05) is 25.0 Å². The van der Waals surface area contributed by atoms with Gasteiger partial charge >= 0.3 is 6.03 Å². The fourth-order valence-electron chi connectivity index (χ4n) is 3.05. The highest BCUT2D eigenvalue weighted by atomic mass is 19.2. The van der Waals surface area contributed by atoms with Crippen LogP contribution < -0.4 is 10.6 Å². The molecule has 1 heterocycles. The summed E-state index contributed by atoms with van der Waals surface area (Å²) in [6.07, 6.45) is 1.41. The van der Waals surface area contributed by atoms with Crippen LogP contribution in [0.25, 0.3) is 0 Å². The smallest absolute Gasteiger partial charge is 0.321 e. The van der Waals surface area contributed by atoms with Crippen LogP contribution in [0.4, 0.5) is 23.7 Å². The van der Waals surface area contributed by atoms with Crippen LogP contribution in [0.1, 0.15) is 23.2 Å². The minimum absolute atomic E-state index is 0.0648. The molecule has 0 spiro atoms. The molecule has 2 aromatic carbocycles. The zero-order chi connectivity index (χ0) is 20.1. The third-order valence-electron chi connectivity index (χ3n) is 4.73. The number of rotatable bonds is 4. The average Bonchev–Trinajstić information content (AvgIpc) is 2.70. The number of nitrogens with one attached hydrogen (secondary N) is 2. The molecule has 1 aliphatic heterocycles. The largest absolute Gasteiger partial charge is 0.352 e. The standard InChI is InChI=1S/C20H20F3N3O2/c21-15-2-4-16(5-3-15)25-20(28)26-9-7-13(8-10-26)12-24-19(27)14-1-6-17(22)18(23)11-14/h1-6,11,13H,7-10,12H2,(H,24,27)(H,25,28). The van der Waals surface area contributed by atoms with Crippen molar-refractivity contribution >= 4 is 17.6 Å². The molecule has 0 radical (unpaired) electrons. The SMILES string of the molecule is O=C(NCC1CCN(C(=O)Nc2ccc(F)cc2)CC1)c1ccc(F)c(F)c1. The summed E-state index contributed by atoms with van der Waals surface area (Å²) in [7, 11) is 0. The number of benzene rings is 2. The number of urea groups is 1. The molecule has 1 saturated heterocycles. The molecule has 148 valence electrons. The van der Waals surface area contributed by atoms with E-state index in [9.17, 15) is 22.8 Å². The topological polar surface area (TPSA) is 61.4 Å². The summed E-state index contributed by atoms with van der Waals surface area (Å²) in [6.45, 7) is 1.45. The van der Waals surface area contributed by atoms with Crippen molar-refractivity contribution in [1.82, 2.24) is 10.2 Å². The molecular formula is C20H20F3N3O2. The van der Waals surface area contributed by atoms with Gasteiger partial charge in [0, 0.05) is 30.9 Å². The number of hydrogen-bond acceptors (Lipinski definition) is 2. The summed E-state index contributed by atoms with van der Waals surface area (Å²) in [5.74, 6) is -2.71. The lowest BCUT2D eigenvalue weighted by Crippen LogP contribution is -2.43. The summed E-state index contributed by atoms with van der Waals surface area (Å²) in [4.78, 5) is 26.0. The molecule has 0 bridgehead atoms. The van der Waals surface area contributed by atoms with E-state index in [0.717, 1.165) is 12.1 Å². The number of carbonyl (C=O) groups excluding carboxylic acids is 2. The van der Waals surface area contributed by atoms with Gasteiger partial charge in [-0.2, -0.15) is 0 Å². The van der Waals surface area contributed by atoms with E-state index in [0.29, 0.717) is 38.2 Å². The molecule has 1 fully saturated rings. The molecule has 2 N–H and O–H groups in total. The fourth-order valence-corrected chi connectivity index (χ4v) is 3.05. The van der Waals surface area contributed by atoms with Crippen molar-refractivity contribution in [3.63, 3.8) is 0 Å². The lowest BCUT2D eigenvalue weighted by Gasteiger charge is -2.32. The van der Waals surface area contributed by atoms with E-state index in [2.05, 4.69) is 10.6 Å². The first-order chi connectivity index (χ1) is 13.4. The van der Waals surface area contributed by atoms with Crippen LogP contribution >= 0.6 is 0 Å². The second-order valence-electron chi connectivity index (χ2n) is 6.71. The van der Waals surface area contributed by atoms with Crippen molar-refractivity contribution in [3.05, 3.63) is 65.5 Å².